The average molecular weight is 373 g/mol. The first-order valence-corrected chi connectivity index (χ1v) is 8.23. The summed E-state index contributed by atoms with van der Waals surface area (Å²) in [6.45, 7) is 0.615. The van der Waals surface area contributed by atoms with Crippen molar-refractivity contribution in [2.45, 2.75) is 6.54 Å². The number of amides is 1. The van der Waals surface area contributed by atoms with Crippen LogP contribution in [-0.4, -0.2) is 15.9 Å². The van der Waals surface area contributed by atoms with Gasteiger partial charge in [-0.2, -0.15) is 0 Å². The van der Waals surface area contributed by atoms with E-state index in [1.807, 2.05) is 12.1 Å². The Kier molecular flexibility index (Phi) is 5.48. The van der Waals surface area contributed by atoms with Crippen LogP contribution in [0.4, 0.5) is 11.4 Å². The molecule has 126 valence electrons. The SMILES string of the molecule is O=C(Nc1c(Cl)cccc1Cl)c1cc(NCc2ccncc2)ccn1. The molecule has 0 saturated carbocycles. The van der Waals surface area contributed by atoms with Crippen LogP contribution in [0.2, 0.25) is 10.0 Å². The predicted molar refractivity (Wildman–Crippen MR) is 100 cm³/mol. The third-order valence-corrected chi connectivity index (χ3v) is 4.07. The van der Waals surface area contributed by atoms with Gasteiger partial charge in [0, 0.05) is 30.8 Å². The van der Waals surface area contributed by atoms with Gasteiger partial charge in [0.1, 0.15) is 5.69 Å². The highest BCUT2D eigenvalue weighted by molar-refractivity contribution is 6.40. The quantitative estimate of drug-likeness (QED) is 0.683. The minimum atomic E-state index is -0.387. The van der Waals surface area contributed by atoms with Crippen molar-refractivity contribution in [3.63, 3.8) is 0 Å². The number of nitrogens with zero attached hydrogens (tertiary/aromatic N) is 2. The van der Waals surface area contributed by atoms with Gasteiger partial charge >= 0.3 is 0 Å². The summed E-state index contributed by atoms with van der Waals surface area (Å²) in [5.74, 6) is -0.387. The fraction of sp³-hybridized carbons (Fsp3) is 0.0556. The lowest BCUT2D eigenvalue weighted by Gasteiger charge is -2.10. The standard InChI is InChI=1S/C18H14Cl2N4O/c19-14-2-1-3-15(20)17(14)24-18(25)16-10-13(6-9-22-16)23-11-12-4-7-21-8-5-12/h1-10H,11H2,(H,22,23)(H,24,25). The minimum Gasteiger partial charge on any atom is -0.381 e. The van der Waals surface area contributed by atoms with Crippen molar-refractivity contribution in [3.8, 4) is 0 Å². The van der Waals surface area contributed by atoms with Crippen molar-refractivity contribution < 1.29 is 4.79 Å². The number of para-hydroxylation sites is 1. The lowest BCUT2D eigenvalue weighted by molar-refractivity contribution is 0.102. The summed E-state index contributed by atoms with van der Waals surface area (Å²) in [5, 5.41) is 6.67. The molecule has 0 aliphatic carbocycles. The predicted octanol–water partition coefficient (Wildman–Crippen LogP) is 4.65. The molecule has 1 amide bonds. The van der Waals surface area contributed by atoms with E-state index in [0.717, 1.165) is 11.3 Å². The van der Waals surface area contributed by atoms with E-state index in [4.69, 9.17) is 23.2 Å². The van der Waals surface area contributed by atoms with Crippen LogP contribution in [0.15, 0.2) is 61.1 Å². The zero-order valence-electron chi connectivity index (χ0n) is 13.0. The van der Waals surface area contributed by atoms with Crippen molar-refractivity contribution in [1.29, 1.82) is 0 Å². The summed E-state index contributed by atoms with van der Waals surface area (Å²) in [7, 11) is 0. The fourth-order valence-corrected chi connectivity index (χ4v) is 2.66. The number of carbonyl (C=O) groups excluding carboxylic acids is 1. The molecule has 0 radical (unpaired) electrons. The van der Waals surface area contributed by atoms with Gasteiger partial charge in [-0.25, -0.2) is 0 Å². The van der Waals surface area contributed by atoms with Crippen LogP contribution in [0, 0.1) is 0 Å². The monoisotopic (exact) mass is 372 g/mol. The summed E-state index contributed by atoms with van der Waals surface area (Å²) < 4.78 is 0. The van der Waals surface area contributed by atoms with Crippen molar-refractivity contribution in [2.75, 3.05) is 10.6 Å². The number of rotatable bonds is 5. The molecule has 5 nitrogen and oxygen atoms in total. The molecule has 7 heteroatoms. The zero-order chi connectivity index (χ0) is 17.6. The van der Waals surface area contributed by atoms with Gasteiger partial charge in [0.25, 0.3) is 5.91 Å². The second kappa shape index (κ2) is 7.96. The minimum absolute atomic E-state index is 0.260. The van der Waals surface area contributed by atoms with Gasteiger partial charge < -0.3 is 10.6 Å². The molecule has 1 aromatic carbocycles. The molecule has 3 rings (SSSR count). The number of carbonyl (C=O) groups is 1. The van der Waals surface area contributed by atoms with Crippen LogP contribution >= 0.6 is 23.2 Å². The Morgan fingerprint density at radius 2 is 1.72 bits per heavy atom. The fourth-order valence-electron chi connectivity index (χ4n) is 2.16. The van der Waals surface area contributed by atoms with Crippen LogP contribution in [0.5, 0.6) is 0 Å². The lowest BCUT2D eigenvalue weighted by Crippen LogP contribution is -2.14. The Morgan fingerprint density at radius 3 is 2.44 bits per heavy atom. The maximum absolute atomic E-state index is 12.4. The molecule has 0 bridgehead atoms. The molecule has 25 heavy (non-hydrogen) atoms. The third kappa shape index (κ3) is 4.47. The second-order valence-corrected chi connectivity index (χ2v) is 6.00. The topological polar surface area (TPSA) is 66.9 Å². The summed E-state index contributed by atoms with van der Waals surface area (Å²) >= 11 is 12.1. The Labute approximate surface area is 155 Å². The third-order valence-electron chi connectivity index (χ3n) is 3.44. The molecule has 0 saturated heterocycles. The van der Waals surface area contributed by atoms with Gasteiger partial charge in [-0.1, -0.05) is 29.3 Å². The summed E-state index contributed by atoms with van der Waals surface area (Å²) in [5.41, 5.74) is 2.49. The molecule has 2 heterocycles. The smallest absolute Gasteiger partial charge is 0.274 e. The van der Waals surface area contributed by atoms with E-state index in [1.54, 1.807) is 48.9 Å². The average Bonchev–Trinajstić information content (AvgIpc) is 2.64. The van der Waals surface area contributed by atoms with E-state index in [9.17, 15) is 4.79 Å². The lowest BCUT2D eigenvalue weighted by atomic mass is 10.2. The Morgan fingerprint density at radius 1 is 1.00 bits per heavy atom. The van der Waals surface area contributed by atoms with Crippen LogP contribution in [0.1, 0.15) is 16.1 Å². The first-order chi connectivity index (χ1) is 12.1. The normalized spacial score (nSPS) is 10.3. The molecule has 0 aliphatic rings. The number of pyridine rings is 2. The van der Waals surface area contributed by atoms with Gasteiger partial charge in [-0.3, -0.25) is 14.8 Å². The highest BCUT2D eigenvalue weighted by Gasteiger charge is 2.13. The number of nitrogens with one attached hydrogen (secondary N) is 2. The van der Waals surface area contributed by atoms with Gasteiger partial charge in [0.15, 0.2) is 0 Å². The van der Waals surface area contributed by atoms with Gasteiger partial charge in [0.05, 0.1) is 15.7 Å². The first kappa shape index (κ1) is 17.2. The van der Waals surface area contributed by atoms with Crippen molar-refractivity contribution in [2.24, 2.45) is 0 Å². The summed E-state index contributed by atoms with van der Waals surface area (Å²) in [6, 6.07) is 12.3. The maximum Gasteiger partial charge on any atom is 0.274 e. The van der Waals surface area contributed by atoms with Crippen LogP contribution in [-0.2, 0) is 6.54 Å². The first-order valence-electron chi connectivity index (χ1n) is 7.47. The molecule has 0 spiro atoms. The number of aromatic nitrogens is 2. The molecule has 0 fully saturated rings. The molecule has 0 unspecified atom stereocenters. The molecule has 0 aliphatic heterocycles. The van der Waals surface area contributed by atoms with Crippen molar-refractivity contribution in [1.82, 2.24) is 9.97 Å². The van der Waals surface area contributed by atoms with E-state index >= 15 is 0 Å². The molecule has 3 aromatic rings. The Bertz CT molecular complexity index is 867. The zero-order valence-corrected chi connectivity index (χ0v) is 14.6. The molecule has 2 aromatic heterocycles. The highest BCUT2D eigenvalue weighted by Crippen LogP contribution is 2.30. The van der Waals surface area contributed by atoms with Crippen LogP contribution < -0.4 is 10.6 Å². The van der Waals surface area contributed by atoms with Gasteiger partial charge in [-0.15, -0.1) is 0 Å². The molecule has 2 N–H and O–H groups in total. The maximum atomic E-state index is 12.4. The number of anilines is 2. The second-order valence-electron chi connectivity index (χ2n) is 5.19. The van der Waals surface area contributed by atoms with Gasteiger partial charge in [-0.05, 0) is 42.0 Å². The van der Waals surface area contributed by atoms with E-state index in [2.05, 4.69) is 20.6 Å². The van der Waals surface area contributed by atoms with Crippen molar-refractivity contribution >= 4 is 40.5 Å². The molecular weight excluding hydrogens is 359 g/mol. The number of benzene rings is 1. The number of hydrogen-bond acceptors (Lipinski definition) is 4. The Balaban J connectivity index is 1.71. The summed E-state index contributed by atoms with van der Waals surface area (Å²) in [4.78, 5) is 20.5. The highest BCUT2D eigenvalue weighted by atomic mass is 35.5. The van der Waals surface area contributed by atoms with Crippen LogP contribution in [0.3, 0.4) is 0 Å². The molecule has 0 atom stereocenters. The van der Waals surface area contributed by atoms with E-state index in [-0.39, 0.29) is 11.6 Å². The number of halogens is 2. The largest absolute Gasteiger partial charge is 0.381 e. The van der Waals surface area contributed by atoms with Gasteiger partial charge in [0.2, 0.25) is 0 Å². The van der Waals surface area contributed by atoms with Crippen molar-refractivity contribution in [3.05, 3.63) is 82.4 Å². The van der Waals surface area contributed by atoms with Crippen LogP contribution in [0.25, 0.3) is 0 Å². The summed E-state index contributed by atoms with van der Waals surface area (Å²) in [6.07, 6.45) is 5.03. The van der Waals surface area contributed by atoms with E-state index in [1.165, 1.54) is 0 Å². The Hall–Kier alpha value is -2.63. The van der Waals surface area contributed by atoms with E-state index < -0.39 is 0 Å². The molecular formula is C18H14Cl2N4O. The number of hydrogen-bond donors (Lipinski definition) is 2. The van der Waals surface area contributed by atoms with E-state index in [0.29, 0.717) is 22.3 Å².